The molecule has 1 unspecified atom stereocenters. The molecule has 0 radical (unpaired) electrons. The molecule has 1 aliphatic heterocycles. The third kappa shape index (κ3) is 4.34. The highest BCUT2D eigenvalue weighted by Crippen LogP contribution is 2.19. The molecule has 132 valence electrons. The van der Waals surface area contributed by atoms with Crippen molar-refractivity contribution in [3.8, 4) is 11.8 Å². The summed E-state index contributed by atoms with van der Waals surface area (Å²) in [4.78, 5) is 22.1. The van der Waals surface area contributed by atoms with Gasteiger partial charge in [0.25, 0.3) is 0 Å². The molecule has 1 N–H and O–H groups in total. The molecule has 2 heterocycles. The number of hydrogen-bond acceptors (Lipinski definition) is 5. The van der Waals surface area contributed by atoms with Crippen LogP contribution in [0.3, 0.4) is 0 Å². The second-order valence-corrected chi connectivity index (χ2v) is 5.64. The molecule has 0 spiro atoms. The van der Waals surface area contributed by atoms with Crippen LogP contribution in [0.4, 0.5) is 14.9 Å². The molecular weight excluding hydrogens is 327 g/mol. The molecule has 1 aliphatic rings. The van der Waals surface area contributed by atoms with Crippen molar-refractivity contribution < 1.29 is 18.7 Å². The number of aromatic nitrogens is 2. The molecule has 25 heavy (non-hydrogen) atoms. The van der Waals surface area contributed by atoms with Gasteiger partial charge in [0, 0.05) is 6.54 Å². The van der Waals surface area contributed by atoms with E-state index in [9.17, 15) is 9.18 Å². The van der Waals surface area contributed by atoms with Gasteiger partial charge in [-0.05, 0) is 25.0 Å². The fourth-order valence-electron chi connectivity index (χ4n) is 2.63. The van der Waals surface area contributed by atoms with Crippen LogP contribution in [0.1, 0.15) is 12.8 Å². The first-order valence-corrected chi connectivity index (χ1v) is 7.99. The van der Waals surface area contributed by atoms with E-state index in [1.807, 2.05) is 0 Å². The smallest absolute Gasteiger partial charge is 0.322 e. The van der Waals surface area contributed by atoms with Crippen LogP contribution in [0, 0.1) is 5.82 Å². The van der Waals surface area contributed by atoms with Crippen molar-refractivity contribution in [3.63, 3.8) is 0 Å². The Balaban J connectivity index is 1.60. The molecule has 0 bridgehead atoms. The molecule has 2 amide bonds. The van der Waals surface area contributed by atoms with Crippen molar-refractivity contribution in [2.45, 2.75) is 18.9 Å². The third-order valence-corrected chi connectivity index (χ3v) is 3.87. The van der Waals surface area contributed by atoms with Gasteiger partial charge in [-0.1, -0.05) is 12.1 Å². The number of benzene rings is 1. The second kappa shape index (κ2) is 7.78. The number of carbonyl (C=O) groups excluding carboxylic acids is 1. The summed E-state index contributed by atoms with van der Waals surface area (Å²) in [5, 5.41) is 2.59. The third-order valence-electron chi connectivity index (χ3n) is 3.87. The standard InChI is InChI=1S/C17H19FN4O3/c1-24-15-9-19-10-16(21-15)25-12-5-4-8-22(11-12)17(23)20-14-7-3-2-6-13(14)18/h2-3,6-7,9-10,12H,4-5,8,11H2,1H3,(H,20,23). The molecular formula is C17H19FN4O3. The Morgan fingerprint density at radius 3 is 2.92 bits per heavy atom. The first kappa shape index (κ1) is 16.9. The van der Waals surface area contributed by atoms with E-state index in [1.165, 1.54) is 31.6 Å². The molecule has 3 rings (SSSR count). The summed E-state index contributed by atoms with van der Waals surface area (Å²) in [5.74, 6) is 0.246. The van der Waals surface area contributed by atoms with E-state index in [4.69, 9.17) is 9.47 Å². The number of ether oxygens (including phenoxy) is 2. The SMILES string of the molecule is COc1cncc(OC2CCCN(C(=O)Nc3ccccc3F)C2)n1. The van der Waals surface area contributed by atoms with Crippen LogP contribution in [-0.2, 0) is 0 Å². The average molecular weight is 346 g/mol. The van der Waals surface area contributed by atoms with Gasteiger partial charge in [0.15, 0.2) is 0 Å². The summed E-state index contributed by atoms with van der Waals surface area (Å²) >= 11 is 0. The summed E-state index contributed by atoms with van der Waals surface area (Å²) in [5.41, 5.74) is 0.161. The zero-order chi connectivity index (χ0) is 17.6. The van der Waals surface area contributed by atoms with E-state index in [1.54, 1.807) is 17.0 Å². The first-order valence-electron chi connectivity index (χ1n) is 7.99. The van der Waals surface area contributed by atoms with E-state index in [-0.39, 0.29) is 17.8 Å². The predicted octanol–water partition coefficient (Wildman–Crippen LogP) is 2.70. The number of carbonyl (C=O) groups is 1. The van der Waals surface area contributed by atoms with Gasteiger partial charge in [-0.3, -0.25) is 4.98 Å². The molecule has 1 atom stereocenters. The van der Waals surface area contributed by atoms with E-state index in [0.29, 0.717) is 24.8 Å². The van der Waals surface area contributed by atoms with E-state index < -0.39 is 5.82 Å². The maximum absolute atomic E-state index is 13.7. The molecule has 1 fully saturated rings. The van der Waals surface area contributed by atoms with Crippen LogP contribution in [0.2, 0.25) is 0 Å². The van der Waals surface area contributed by atoms with Gasteiger partial charge in [-0.15, -0.1) is 0 Å². The van der Waals surface area contributed by atoms with Crippen molar-refractivity contribution >= 4 is 11.7 Å². The van der Waals surface area contributed by atoms with Crippen molar-refractivity contribution in [1.82, 2.24) is 14.9 Å². The lowest BCUT2D eigenvalue weighted by Gasteiger charge is -2.32. The minimum Gasteiger partial charge on any atom is -0.480 e. The highest BCUT2D eigenvalue weighted by atomic mass is 19.1. The van der Waals surface area contributed by atoms with Gasteiger partial charge in [0.1, 0.15) is 11.9 Å². The highest BCUT2D eigenvalue weighted by molar-refractivity contribution is 5.89. The van der Waals surface area contributed by atoms with Crippen molar-refractivity contribution in [3.05, 3.63) is 42.5 Å². The largest absolute Gasteiger partial charge is 0.480 e. The molecule has 1 aromatic heterocycles. The quantitative estimate of drug-likeness (QED) is 0.921. The number of halogens is 1. The Hall–Kier alpha value is -2.90. The Labute approximate surface area is 144 Å². The highest BCUT2D eigenvalue weighted by Gasteiger charge is 2.26. The topological polar surface area (TPSA) is 76.6 Å². The van der Waals surface area contributed by atoms with Gasteiger partial charge >= 0.3 is 6.03 Å². The molecule has 1 aromatic carbocycles. The Kier molecular flexibility index (Phi) is 5.27. The second-order valence-electron chi connectivity index (χ2n) is 5.64. The lowest BCUT2D eigenvalue weighted by atomic mass is 10.1. The number of piperidine rings is 1. The van der Waals surface area contributed by atoms with Crippen molar-refractivity contribution in [2.75, 3.05) is 25.5 Å². The number of anilines is 1. The van der Waals surface area contributed by atoms with E-state index >= 15 is 0 Å². The Bertz CT molecular complexity index is 743. The minimum atomic E-state index is -0.465. The summed E-state index contributed by atoms with van der Waals surface area (Å²) in [6.45, 7) is 0.975. The summed E-state index contributed by atoms with van der Waals surface area (Å²) in [7, 11) is 1.50. The van der Waals surface area contributed by atoms with Crippen LogP contribution in [-0.4, -0.2) is 47.2 Å². The normalized spacial score (nSPS) is 17.0. The van der Waals surface area contributed by atoms with Gasteiger partial charge in [-0.2, -0.15) is 4.98 Å². The number of hydrogen-bond donors (Lipinski definition) is 1. The number of nitrogens with zero attached hydrogens (tertiary/aromatic N) is 3. The Morgan fingerprint density at radius 2 is 2.12 bits per heavy atom. The first-order chi connectivity index (χ1) is 12.2. The zero-order valence-electron chi connectivity index (χ0n) is 13.8. The lowest BCUT2D eigenvalue weighted by Crippen LogP contribution is -2.46. The lowest BCUT2D eigenvalue weighted by molar-refractivity contribution is 0.101. The summed E-state index contributed by atoms with van der Waals surface area (Å²) in [6, 6.07) is 5.72. The van der Waals surface area contributed by atoms with E-state index in [0.717, 1.165) is 12.8 Å². The Morgan fingerprint density at radius 1 is 1.32 bits per heavy atom. The predicted molar refractivity (Wildman–Crippen MR) is 89.2 cm³/mol. The minimum absolute atomic E-state index is 0.161. The number of methoxy groups -OCH3 is 1. The zero-order valence-corrected chi connectivity index (χ0v) is 13.8. The number of amides is 2. The van der Waals surface area contributed by atoms with Gasteiger partial charge in [0.2, 0.25) is 11.8 Å². The van der Waals surface area contributed by atoms with Gasteiger partial charge < -0.3 is 19.7 Å². The maximum Gasteiger partial charge on any atom is 0.322 e. The van der Waals surface area contributed by atoms with Crippen LogP contribution in [0.25, 0.3) is 0 Å². The molecule has 0 saturated carbocycles. The number of likely N-dealkylation sites (tertiary alicyclic amines) is 1. The fourth-order valence-corrected chi connectivity index (χ4v) is 2.63. The molecule has 1 saturated heterocycles. The number of para-hydroxylation sites is 1. The van der Waals surface area contributed by atoms with Crippen LogP contribution < -0.4 is 14.8 Å². The van der Waals surface area contributed by atoms with Crippen LogP contribution in [0.15, 0.2) is 36.7 Å². The van der Waals surface area contributed by atoms with Gasteiger partial charge in [0.05, 0.1) is 31.7 Å². The number of urea groups is 1. The van der Waals surface area contributed by atoms with Crippen LogP contribution in [0.5, 0.6) is 11.8 Å². The van der Waals surface area contributed by atoms with E-state index in [2.05, 4.69) is 15.3 Å². The monoisotopic (exact) mass is 346 g/mol. The molecule has 0 aliphatic carbocycles. The molecule has 7 nitrogen and oxygen atoms in total. The van der Waals surface area contributed by atoms with Gasteiger partial charge in [-0.25, -0.2) is 9.18 Å². The van der Waals surface area contributed by atoms with Crippen molar-refractivity contribution in [1.29, 1.82) is 0 Å². The van der Waals surface area contributed by atoms with Crippen molar-refractivity contribution in [2.24, 2.45) is 0 Å². The summed E-state index contributed by atoms with van der Waals surface area (Å²) in [6.07, 6.45) is 4.36. The average Bonchev–Trinajstić information content (AvgIpc) is 2.64. The van der Waals surface area contributed by atoms with Crippen LogP contribution >= 0.6 is 0 Å². The number of rotatable bonds is 4. The maximum atomic E-state index is 13.7. The molecule has 2 aromatic rings. The summed E-state index contributed by atoms with van der Waals surface area (Å²) < 4.78 is 24.5. The number of nitrogens with one attached hydrogen (secondary N) is 1. The fraction of sp³-hybridized carbons (Fsp3) is 0.353. The molecule has 8 heteroatoms.